The molecule has 0 aromatic heterocycles. The molecular formula is C15H21NO. The van der Waals surface area contributed by atoms with Gasteiger partial charge in [-0.15, -0.1) is 0 Å². The Hall–Kier alpha value is -0.860. The van der Waals surface area contributed by atoms with Gasteiger partial charge in [0.05, 0.1) is 13.2 Å². The first-order valence-corrected chi connectivity index (χ1v) is 6.67. The molecule has 17 heavy (non-hydrogen) atoms. The fraction of sp³-hybridized carbons (Fsp3) is 0.600. The van der Waals surface area contributed by atoms with Gasteiger partial charge in [0.2, 0.25) is 0 Å². The van der Waals surface area contributed by atoms with Gasteiger partial charge in [0, 0.05) is 5.41 Å². The molecule has 2 aliphatic rings. The van der Waals surface area contributed by atoms with Crippen molar-refractivity contribution in [2.75, 3.05) is 26.3 Å². The second kappa shape index (κ2) is 4.43. The third-order valence-corrected chi connectivity index (χ3v) is 4.42. The smallest absolute Gasteiger partial charge is 0.0588 e. The van der Waals surface area contributed by atoms with E-state index in [1.165, 1.54) is 30.5 Å². The van der Waals surface area contributed by atoms with E-state index in [1.54, 1.807) is 0 Å². The highest BCUT2D eigenvalue weighted by Gasteiger charge is 2.46. The van der Waals surface area contributed by atoms with E-state index in [0.29, 0.717) is 5.41 Å². The van der Waals surface area contributed by atoms with Crippen molar-refractivity contribution in [3.05, 3.63) is 35.4 Å². The van der Waals surface area contributed by atoms with E-state index in [9.17, 15) is 0 Å². The lowest BCUT2D eigenvalue weighted by atomic mass is 9.66. The molecule has 2 saturated heterocycles. The molecule has 0 bridgehead atoms. The minimum absolute atomic E-state index is 0.293. The topological polar surface area (TPSA) is 21.3 Å². The summed E-state index contributed by atoms with van der Waals surface area (Å²) in [5.74, 6) is 0.743. The third-order valence-electron chi connectivity index (χ3n) is 4.42. The maximum atomic E-state index is 5.55. The molecule has 1 aromatic rings. The predicted octanol–water partition coefficient (Wildman–Crippen LogP) is 2.26. The van der Waals surface area contributed by atoms with E-state index < -0.39 is 0 Å². The number of hydrogen-bond donors (Lipinski definition) is 1. The lowest BCUT2D eigenvalue weighted by Gasteiger charge is -2.49. The Morgan fingerprint density at radius 3 is 2.53 bits per heavy atom. The molecule has 1 atom stereocenters. The van der Waals surface area contributed by atoms with Crippen LogP contribution in [-0.2, 0) is 10.2 Å². The molecule has 2 fully saturated rings. The van der Waals surface area contributed by atoms with Gasteiger partial charge in [0.15, 0.2) is 0 Å². The largest absolute Gasteiger partial charge is 0.379 e. The van der Waals surface area contributed by atoms with Crippen LogP contribution in [0.3, 0.4) is 0 Å². The average Bonchev–Trinajstić information content (AvgIpc) is 2.32. The van der Waals surface area contributed by atoms with Gasteiger partial charge in [0.25, 0.3) is 0 Å². The van der Waals surface area contributed by atoms with Crippen molar-refractivity contribution in [2.45, 2.75) is 25.2 Å². The van der Waals surface area contributed by atoms with E-state index in [1.807, 2.05) is 0 Å². The summed E-state index contributed by atoms with van der Waals surface area (Å²) >= 11 is 0. The number of ether oxygens (including phenoxy) is 1. The van der Waals surface area contributed by atoms with Gasteiger partial charge >= 0.3 is 0 Å². The van der Waals surface area contributed by atoms with Crippen molar-refractivity contribution >= 4 is 0 Å². The summed E-state index contributed by atoms with van der Waals surface area (Å²) in [7, 11) is 0. The second-order valence-electron chi connectivity index (χ2n) is 5.56. The molecular weight excluding hydrogens is 210 g/mol. The zero-order valence-corrected chi connectivity index (χ0v) is 10.5. The minimum atomic E-state index is 0.293. The molecule has 0 amide bonds. The van der Waals surface area contributed by atoms with Gasteiger partial charge in [-0.05, 0) is 44.3 Å². The van der Waals surface area contributed by atoms with E-state index in [2.05, 4.69) is 36.5 Å². The van der Waals surface area contributed by atoms with Crippen LogP contribution in [0.25, 0.3) is 0 Å². The van der Waals surface area contributed by atoms with Crippen LogP contribution >= 0.6 is 0 Å². The average molecular weight is 231 g/mol. The second-order valence-corrected chi connectivity index (χ2v) is 5.56. The van der Waals surface area contributed by atoms with Crippen LogP contribution in [0.4, 0.5) is 0 Å². The molecule has 2 nitrogen and oxygen atoms in total. The van der Waals surface area contributed by atoms with Gasteiger partial charge in [-0.1, -0.05) is 29.8 Å². The maximum Gasteiger partial charge on any atom is 0.0588 e. The van der Waals surface area contributed by atoms with Gasteiger partial charge < -0.3 is 10.1 Å². The number of benzene rings is 1. The Morgan fingerprint density at radius 1 is 1.24 bits per heavy atom. The van der Waals surface area contributed by atoms with Crippen molar-refractivity contribution in [1.29, 1.82) is 0 Å². The van der Waals surface area contributed by atoms with Crippen LogP contribution in [-0.4, -0.2) is 26.3 Å². The summed E-state index contributed by atoms with van der Waals surface area (Å²) in [5, 5.41) is 3.53. The molecule has 92 valence electrons. The lowest BCUT2D eigenvalue weighted by molar-refractivity contribution is -0.0947. The molecule has 0 spiro atoms. The molecule has 1 unspecified atom stereocenters. The maximum absolute atomic E-state index is 5.55. The van der Waals surface area contributed by atoms with E-state index in [0.717, 1.165) is 25.7 Å². The van der Waals surface area contributed by atoms with Gasteiger partial charge in [-0.2, -0.15) is 0 Å². The minimum Gasteiger partial charge on any atom is -0.379 e. The molecule has 2 aliphatic heterocycles. The molecule has 0 saturated carbocycles. The molecule has 2 heterocycles. The Labute approximate surface area is 103 Å². The van der Waals surface area contributed by atoms with Crippen molar-refractivity contribution in [2.24, 2.45) is 5.92 Å². The van der Waals surface area contributed by atoms with Crippen LogP contribution in [0, 0.1) is 12.8 Å². The van der Waals surface area contributed by atoms with Crippen molar-refractivity contribution in [3.8, 4) is 0 Å². The van der Waals surface area contributed by atoms with Crippen LogP contribution in [0.15, 0.2) is 24.3 Å². The van der Waals surface area contributed by atoms with Crippen LogP contribution in [0.5, 0.6) is 0 Å². The Morgan fingerprint density at radius 2 is 2.00 bits per heavy atom. The number of nitrogens with one attached hydrogen (secondary N) is 1. The number of piperidine rings is 1. The summed E-state index contributed by atoms with van der Waals surface area (Å²) in [4.78, 5) is 0. The predicted molar refractivity (Wildman–Crippen MR) is 69.3 cm³/mol. The van der Waals surface area contributed by atoms with Crippen LogP contribution < -0.4 is 5.32 Å². The highest BCUT2D eigenvalue weighted by Crippen LogP contribution is 2.42. The summed E-state index contributed by atoms with van der Waals surface area (Å²) in [5.41, 5.74) is 3.11. The summed E-state index contributed by atoms with van der Waals surface area (Å²) in [6, 6.07) is 9.05. The Kier molecular flexibility index (Phi) is 2.93. The van der Waals surface area contributed by atoms with Gasteiger partial charge in [0.1, 0.15) is 0 Å². The van der Waals surface area contributed by atoms with Crippen molar-refractivity contribution < 1.29 is 4.74 Å². The molecule has 1 N–H and O–H groups in total. The first-order chi connectivity index (χ1) is 8.31. The third kappa shape index (κ3) is 1.90. The standard InChI is InChI=1S/C15H21NO/c1-12-4-6-13(7-5-12)15(10-17-11-15)14-3-2-8-16-9-14/h4-7,14,16H,2-3,8-11H2,1H3. The summed E-state index contributed by atoms with van der Waals surface area (Å²) < 4.78 is 5.55. The monoisotopic (exact) mass is 231 g/mol. The Bertz CT molecular complexity index is 374. The molecule has 1 aromatic carbocycles. The summed E-state index contributed by atoms with van der Waals surface area (Å²) in [6.45, 7) is 6.29. The van der Waals surface area contributed by atoms with Crippen molar-refractivity contribution in [1.82, 2.24) is 5.32 Å². The number of hydrogen-bond acceptors (Lipinski definition) is 2. The van der Waals surface area contributed by atoms with Gasteiger partial charge in [-0.25, -0.2) is 0 Å². The van der Waals surface area contributed by atoms with E-state index in [4.69, 9.17) is 4.74 Å². The SMILES string of the molecule is Cc1ccc(C2(C3CCCNC3)COC2)cc1. The van der Waals surface area contributed by atoms with Crippen molar-refractivity contribution in [3.63, 3.8) is 0 Å². The molecule has 0 radical (unpaired) electrons. The fourth-order valence-electron chi connectivity index (χ4n) is 3.17. The normalized spacial score (nSPS) is 27.5. The highest BCUT2D eigenvalue weighted by molar-refractivity contribution is 5.32. The highest BCUT2D eigenvalue weighted by atomic mass is 16.5. The molecule has 2 heteroatoms. The zero-order chi connectivity index (χ0) is 11.7. The summed E-state index contributed by atoms with van der Waals surface area (Å²) in [6.07, 6.45) is 2.64. The van der Waals surface area contributed by atoms with E-state index >= 15 is 0 Å². The fourth-order valence-corrected chi connectivity index (χ4v) is 3.17. The van der Waals surface area contributed by atoms with Crippen LogP contribution in [0.1, 0.15) is 24.0 Å². The first kappa shape index (κ1) is 11.2. The quantitative estimate of drug-likeness (QED) is 0.843. The number of rotatable bonds is 2. The zero-order valence-electron chi connectivity index (χ0n) is 10.5. The number of aryl methyl sites for hydroxylation is 1. The molecule has 3 rings (SSSR count). The Balaban J connectivity index is 1.87. The first-order valence-electron chi connectivity index (χ1n) is 6.67. The van der Waals surface area contributed by atoms with Gasteiger partial charge in [-0.3, -0.25) is 0 Å². The lowest BCUT2D eigenvalue weighted by Crippen LogP contribution is -2.56. The van der Waals surface area contributed by atoms with E-state index in [-0.39, 0.29) is 0 Å². The van der Waals surface area contributed by atoms with Crippen LogP contribution in [0.2, 0.25) is 0 Å². The molecule has 0 aliphatic carbocycles.